The summed E-state index contributed by atoms with van der Waals surface area (Å²) in [5, 5.41) is 17.8. The van der Waals surface area contributed by atoms with Crippen molar-refractivity contribution in [2.75, 3.05) is 19.4 Å². The van der Waals surface area contributed by atoms with Crippen LogP contribution in [-0.4, -0.2) is 35.7 Å². The Labute approximate surface area is 158 Å². The van der Waals surface area contributed by atoms with Gasteiger partial charge in [-0.2, -0.15) is 0 Å². The summed E-state index contributed by atoms with van der Waals surface area (Å²) in [6.07, 6.45) is 23.8. The number of allylic oxidation sites excluding steroid dienone is 2. The van der Waals surface area contributed by atoms with E-state index in [1.54, 1.807) is 0 Å². The molecule has 0 saturated carbocycles. The molecule has 25 heavy (non-hydrogen) atoms. The Balaban J connectivity index is 3.07. The van der Waals surface area contributed by atoms with Crippen molar-refractivity contribution in [2.45, 2.75) is 103 Å². The smallest absolute Gasteiger partial charge is 0.101 e. The van der Waals surface area contributed by atoms with Gasteiger partial charge < -0.3 is 14.7 Å². The van der Waals surface area contributed by atoms with Crippen LogP contribution >= 0.6 is 8.81 Å². The van der Waals surface area contributed by atoms with Crippen molar-refractivity contribution in [3.63, 3.8) is 0 Å². The molecule has 0 spiro atoms. The largest absolute Gasteiger partial charge is 0.394 e. The maximum absolute atomic E-state index is 9.13. The molecule has 2 N–H and O–H groups in total. The zero-order valence-electron chi connectivity index (χ0n) is 16.6. The van der Waals surface area contributed by atoms with Crippen molar-refractivity contribution < 1.29 is 14.7 Å². The highest BCUT2D eigenvalue weighted by Gasteiger charge is 2.00. The third-order valence-electron chi connectivity index (χ3n) is 4.38. The first kappa shape index (κ1) is 25.1. The molecule has 3 nitrogen and oxygen atoms in total. The Morgan fingerprint density at radius 1 is 0.800 bits per heavy atom. The fourth-order valence-corrected chi connectivity index (χ4v) is 3.57. The highest BCUT2D eigenvalue weighted by molar-refractivity contribution is 7.32. The van der Waals surface area contributed by atoms with E-state index in [4.69, 9.17) is 14.7 Å². The van der Waals surface area contributed by atoms with Crippen molar-refractivity contribution >= 4 is 8.81 Å². The summed E-state index contributed by atoms with van der Waals surface area (Å²) >= 11 is 0. The third-order valence-corrected chi connectivity index (χ3v) is 5.31. The second-order valence-corrected chi connectivity index (χ2v) is 8.06. The van der Waals surface area contributed by atoms with Gasteiger partial charge in [-0.1, -0.05) is 76.9 Å². The van der Waals surface area contributed by atoms with Crippen LogP contribution in [0.3, 0.4) is 0 Å². The third kappa shape index (κ3) is 22.0. The second kappa shape index (κ2) is 22.1. The van der Waals surface area contributed by atoms with Crippen LogP contribution in [0, 0.1) is 0 Å². The van der Waals surface area contributed by atoms with Gasteiger partial charge in [0.05, 0.1) is 13.2 Å². The maximum Gasteiger partial charge on any atom is 0.101 e. The number of hydrogen-bond donors (Lipinski definition) is 2. The van der Waals surface area contributed by atoms with Gasteiger partial charge in [-0.3, -0.25) is 0 Å². The van der Waals surface area contributed by atoms with Crippen LogP contribution in [0.1, 0.15) is 96.8 Å². The highest BCUT2D eigenvalue weighted by atomic mass is 31.1. The predicted molar refractivity (Wildman–Crippen MR) is 112 cm³/mol. The lowest BCUT2D eigenvalue weighted by Gasteiger charge is -2.07. The molecule has 0 heterocycles. The lowest BCUT2D eigenvalue weighted by molar-refractivity contribution is 0.0587. The molecule has 2 atom stereocenters. The number of rotatable bonds is 20. The minimum absolute atomic E-state index is 0.210. The van der Waals surface area contributed by atoms with E-state index in [1.807, 2.05) is 0 Å². The Bertz CT molecular complexity index is 272. The zero-order valence-corrected chi connectivity index (χ0v) is 17.6. The van der Waals surface area contributed by atoms with Crippen LogP contribution < -0.4 is 0 Å². The quantitative estimate of drug-likeness (QED) is 0.156. The van der Waals surface area contributed by atoms with Crippen LogP contribution in [0.2, 0.25) is 0 Å². The predicted octanol–water partition coefficient (Wildman–Crippen LogP) is 5.99. The van der Waals surface area contributed by atoms with Crippen LogP contribution in [0.15, 0.2) is 12.2 Å². The first-order chi connectivity index (χ1) is 12.3. The summed E-state index contributed by atoms with van der Waals surface area (Å²) in [5.74, 6) is 0. The fourth-order valence-electron chi connectivity index (χ4n) is 2.72. The first-order valence-corrected chi connectivity index (χ1v) is 11.7. The molecular formula is C21H43O3P. The molecule has 0 bridgehead atoms. The van der Waals surface area contributed by atoms with Crippen molar-refractivity contribution in [1.82, 2.24) is 0 Å². The van der Waals surface area contributed by atoms with Gasteiger partial charge in [0.1, 0.15) is 6.10 Å². The van der Waals surface area contributed by atoms with Gasteiger partial charge in [-0.25, -0.2) is 0 Å². The van der Waals surface area contributed by atoms with E-state index in [9.17, 15) is 0 Å². The van der Waals surface area contributed by atoms with E-state index >= 15 is 0 Å². The Morgan fingerprint density at radius 2 is 1.32 bits per heavy atom. The second-order valence-electron chi connectivity index (χ2n) is 6.98. The van der Waals surface area contributed by atoms with Gasteiger partial charge in [0.25, 0.3) is 0 Å². The lowest BCUT2D eigenvalue weighted by Crippen LogP contribution is -2.17. The van der Waals surface area contributed by atoms with E-state index in [0.29, 0.717) is 8.81 Å². The molecule has 2 unspecified atom stereocenters. The Kier molecular flexibility index (Phi) is 22.1. The van der Waals surface area contributed by atoms with Crippen molar-refractivity contribution in [1.29, 1.82) is 0 Å². The Hall–Kier alpha value is 0.0500. The minimum Gasteiger partial charge on any atom is -0.394 e. The molecular weight excluding hydrogens is 331 g/mol. The molecule has 0 aliphatic carbocycles. The average molecular weight is 375 g/mol. The van der Waals surface area contributed by atoms with Crippen LogP contribution in [-0.2, 0) is 4.52 Å². The number of aliphatic hydroxyl groups excluding tert-OH is 2. The first-order valence-electron chi connectivity index (χ1n) is 10.6. The molecule has 0 rings (SSSR count). The molecule has 0 aromatic carbocycles. The minimum atomic E-state index is -0.715. The van der Waals surface area contributed by atoms with Gasteiger partial charge >= 0.3 is 0 Å². The van der Waals surface area contributed by atoms with Crippen molar-refractivity contribution in [3.05, 3.63) is 12.2 Å². The molecule has 0 amide bonds. The van der Waals surface area contributed by atoms with Gasteiger partial charge in [-0.15, -0.1) is 0 Å². The van der Waals surface area contributed by atoms with Crippen molar-refractivity contribution in [2.24, 2.45) is 0 Å². The summed E-state index contributed by atoms with van der Waals surface area (Å²) in [5.41, 5.74) is 0. The molecule has 0 aromatic rings. The lowest BCUT2D eigenvalue weighted by atomic mass is 10.1. The number of unbranched alkanes of at least 4 members (excludes halogenated alkanes) is 12. The summed E-state index contributed by atoms with van der Waals surface area (Å²) in [6.45, 7) is 2.33. The molecule has 0 aliphatic heterocycles. The summed E-state index contributed by atoms with van der Waals surface area (Å²) in [7, 11) is 0.459. The standard InChI is InChI=1S/C21H43O3P/c1-2-3-4-5-6-7-8-9-10-11-12-13-14-15-16-17-18-25-24-20-21(23)19-22/h9-10,21-23,25H,2-8,11-20H2,1H3/b10-9-. The molecule has 150 valence electrons. The van der Waals surface area contributed by atoms with Crippen LogP contribution in [0.5, 0.6) is 0 Å². The highest BCUT2D eigenvalue weighted by Crippen LogP contribution is 2.16. The van der Waals surface area contributed by atoms with Crippen LogP contribution in [0.25, 0.3) is 0 Å². The molecule has 0 aromatic heterocycles. The van der Waals surface area contributed by atoms with Gasteiger partial charge in [-0.05, 0) is 38.3 Å². The molecule has 0 radical (unpaired) electrons. The number of aliphatic hydroxyl groups is 2. The van der Waals surface area contributed by atoms with E-state index in [-0.39, 0.29) is 13.2 Å². The molecule has 4 heteroatoms. The van der Waals surface area contributed by atoms with Crippen molar-refractivity contribution in [3.8, 4) is 0 Å². The van der Waals surface area contributed by atoms with Gasteiger partial charge in [0.15, 0.2) is 0 Å². The van der Waals surface area contributed by atoms with E-state index in [0.717, 1.165) is 6.16 Å². The summed E-state index contributed by atoms with van der Waals surface area (Å²) in [4.78, 5) is 0. The Morgan fingerprint density at radius 3 is 1.88 bits per heavy atom. The molecule has 0 aliphatic rings. The summed E-state index contributed by atoms with van der Waals surface area (Å²) in [6, 6.07) is 0. The SMILES string of the molecule is CCCCCCCC/C=C\CCCCCCCCPOCC(O)CO. The normalized spacial score (nSPS) is 13.4. The maximum atomic E-state index is 9.13. The zero-order chi connectivity index (χ0) is 18.4. The van der Waals surface area contributed by atoms with E-state index in [1.165, 1.54) is 89.9 Å². The number of hydrogen-bond acceptors (Lipinski definition) is 3. The van der Waals surface area contributed by atoms with E-state index in [2.05, 4.69) is 19.1 Å². The molecule has 0 fully saturated rings. The van der Waals surface area contributed by atoms with E-state index < -0.39 is 6.10 Å². The van der Waals surface area contributed by atoms with Gasteiger partial charge in [0, 0.05) is 8.81 Å². The molecule has 0 saturated heterocycles. The fraction of sp³-hybridized carbons (Fsp3) is 0.905. The topological polar surface area (TPSA) is 49.7 Å². The average Bonchev–Trinajstić information content (AvgIpc) is 2.63. The van der Waals surface area contributed by atoms with Crippen LogP contribution in [0.4, 0.5) is 0 Å². The van der Waals surface area contributed by atoms with Gasteiger partial charge in [0.2, 0.25) is 0 Å². The summed E-state index contributed by atoms with van der Waals surface area (Å²) < 4.78 is 5.32. The monoisotopic (exact) mass is 374 g/mol.